The van der Waals surface area contributed by atoms with Gasteiger partial charge in [0.15, 0.2) is 0 Å². The van der Waals surface area contributed by atoms with Gasteiger partial charge in [-0.1, -0.05) is 25.7 Å². The third-order valence-electron chi connectivity index (χ3n) is 3.73. The molecule has 2 heteroatoms. The molecule has 2 nitrogen and oxygen atoms in total. The third-order valence-corrected chi connectivity index (χ3v) is 3.73. The van der Waals surface area contributed by atoms with Crippen LogP contribution < -0.4 is 5.73 Å². The molecule has 1 saturated heterocycles. The molecule has 1 spiro atoms. The predicted octanol–water partition coefficient (Wildman–Crippen LogP) is 1.60. The van der Waals surface area contributed by atoms with E-state index in [1.807, 2.05) is 0 Å². The van der Waals surface area contributed by atoms with Gasteiger partial charge in [-0.2, -0.15) is 0 Å². The van der Waals surface area contributed by atoms with Crippen LogP contribution in [0.4, 0.5) is 0 Å². The monoisotopic (exact) mass is 182 g/mol. The van der Waals surface area contributed by atoms with Crippen LogP contribution in [0.25, 0.3) is 0 Å². The topological polar surface area (TPSA) is 29.3 Å². The van der Waals surface area contributed by atoms with E-state index in [4.69, 9.17) is 5.73 Å². The Morgan fingerprint density at radius 1 is 1.00 bits per heavy atom. The van der Waals surface area contributed by atoms with E-state index in [0.29, 0.717) is 0 Å². The Bertz CT molecular complexity index is 151. The predicted molar refractivity (Wildman–Crippen MR) is 55.6 cm³/mol. The highest BCUT2D eigenvalue weighted by Gasteiger charge is 2.41. The average molecular weight is 182 g/mol. The molecule has 0 aromatic carbocycles. The minimum absolute atomic E-state index is 0.728. The summed E-state index contributed by atoms with van der Waals surface area (Å²) in [5.41, 5.74) is 6.27. The second-order valence-electron chi connectivity index (χ2n) is 4.91. The van der Waals surface area contributed by atoms with E-state index in [9.17, 15) is 0 Å². The molecule has 13 heavy (non-hydrogen) atoms. The molecule has 1 aliphatic carbocycles. The highest BCUT2D eigenvalue weighted by atomic mass is 15.2. The minimum Gasteiger partial charge on any atom is -0.329 e. The first-order valence-corrected chi connectivity index (χ1v) is 5.77. The Morgan fingerprint density at radius 2 is 1.62 bits per heavy atom. The molecule has 0 atom stereocenters. The van der Waals surface area contributed by atoms with Crippen LogP contribution in [0.15, 0.2) is 0 Å². The first-order chi connectivity index (χ1) is 6.35. The van der Waals surface area contributed by atoms with Crippen molar-refractivity contribution >= 4 is 0 Å². The smallest absolute Gasteiger partial charge is 0.0105 e. The summed E-state index contributed by atoms with van der Waals surface area (Å²) in [5, 5.41) is 0. The molecule has 2 N–H and O–H groups in total. The quantitative estimate of drug-likeness (QED) is 0.703. The van der Waals surface area contributed by atoms with E-state index in [0.717, 1.165) is 18.5 Å². The van der Waals surface area contributed by atoms with Crippen molar-refractivity contribution in [3.05, 3.63) is 0 Å². The molecule has 2 aliphatic rings. The lowest BCUT2D eigenvalue weighted by molar-refractivity contribution is -0.00908. The van der Waals surface area contributed by atoms with Crippen LogP contribution in [0.2, 0.25) is 0 Å². The van der Waals surface area contributed by atoms with Gasteiger partial charge in [0.1, 0.15) is 0 Å². The molecule has 0 aromatic heterocycles. The summed E-state index contributed by atoms with van der Waals surface area (Å²) < 4.78 is 0. The summed E-state index contributed by atoms with van der Waals surface area (Å²) in [5.74, 6) is 0. The maximum Gasteiger partial charge on any atom is 0.0105 e. The first kappa shape index (κ1) is 9.47. The summed E-state index contributed by atoms with van der Waals surface area (Å²) in [4.78, 5) is 2.52. The summed E-state index contributed by atoms with van der Waals surface area (Å²) in [6, 6.07) is 0. The van der Waals surface area contributed by atoms with Crippen molar-refractivity contribution in [3.8, 4) is 0 Å². The summed E-state index contributed by atoms with van der Waals surface area (Å²) in [6.07, 6.45) is 8.84. The zero-order chi connectivity index (χ0) is 9.15. The average Bonchev–Trinajstić information content (AvgIpc) is 2.29. The summed E-state index contributed by atoms with van der Waals surface area (Å²) in [6.45, 7) is 4.62. The number of likely N-dealkylation sites (tertiary alicyclic amines) is 1. The summed E-state index contributed by atoms with van der Waals surface area (Å²) >= 11 is 0. The van der Waals surface area contributed by atoms with Gasteiger partial charge in [-0.05, 0) is 18.3 Å². The van der Waals surface area contributed by atoms with E-state index in [1.165, 1.54) is 51.6 Å². The molecule has 1 saturated carbocycles. The Balaban J connectivity index is 1.79. The number of nitrogens with zero attached hydrogens (tertiary/aromatic N) is 1. The second kappa shape index (κ2) is 3.97. The van der Waals surface area contributed by atoms with Gasteiger partial charge in [-0.3, -0.25) is 0 Å². The molecule has 76 valence electrons. The van der Waals surface area contributed by atoms with Crippen molar-refractivity contribution in [1.29, 1.82) is 0 Å². The van der Waals surface area contributed by atoms with Gasteiger partial charge >= 0.3 is 0 Å². The van der Waals surface area contributed by atoms with Crippen LogP contribution in [-0.2, 0) is 0 Å². The fourth-order valence-electron chi connectivity index (χ4n) is 3.04. The van der Waals surface area contributed by atoms with Crippen LogP contribution in [0, 0.1) is 5.41 Å². The maximum atomic E-state index is 5.55. The Labute approximate surface area is 81.5 Å². The minimum atomic E-state index is 0.728. The second-order valence-corrected chi connectivity index (χ2v) is 4.91. The maximum absolute atomic E-state index is 5.55. The van der Waals surface area contributed by atoms with E-state index < -0.39 is 0 Å². The van der Waals surface area contributed by atoms with Crippen molar-refractivity contribution < 1.29 is 0 Å². The Kier molecular flexibility index (Phi) is 2.89. The molecule has 0 radical (unpaired) electrons. The molecule has 0 amide bonds. The van der Waals surface area contributed by atoms with Gasteiger partial charge in [0.05, 0.1) is 0 Å². The van der Waals surface area contributed by atoms with Crippen molar-refractivity contribution in [2.75, 3.05) is 26.2 Å². The summed E-state index contributed by atoms with van der Waals surface area (Å²) in [7, 11) is 0. The van der Waals surface area contributed by atoms with Gasteiger partial charge in [0.2, 0.25) is 0 Å². The number of hydrogen-bond donors (Lipinski definition) is 1. The number of hydrogen-bond acceptors (Lipinski definition) is 2. The van der Waals surface area contributed by atoms with Crippen molar-refractivity contribution in [1.82, 2.24) is 4.90 Å². The van der Waals surface area contributed by atoms with Crippen molar-refractivity contribution in [2.24, 2.45) is 11.1 Å². The fourth-order valence-corrected chi connectivity index (χ4v) is 3.04. The molecular weight excluding hydrogens is 160 g/mol. The SMILES string of the molecule is NCCN1CC2(CCCCCC2)C1. The lowest BCUT2D eigenvalue weighted by Crippen LogP contribution is -2.57. The van der Waals surface area contributed by atoms with Gasteiger partial charge in [0, 0.05) is 26.2 Å². The molecular formula is C11H22N2. The largest absolute Gasteiger partial charge is 0.329 e. The van der Waals surface area contributed by atoms with Gasteiger partial charge in [-0.15, -0.1) is 0 Å². The van der Waals surface area contributed by atoms with Crippen molar-refractivity contribution in [2.45, 2.75) is 38.5 Å². The third kappa shape index (κ3) is 2.05. The van der Waals surface area contributed by atoms with E-state index in [1.54, 1.807) is 0 Å². The molecule has 2 fully saturated rings. The van der Waals surface area contributed by atoms with E-state index in [2.05, 4.69) is 4.90 Å². The molecule has 2 rings (SSSR count). The number of rotatable bonds is 2. The standard InChI is InChI=1S/C11H22N2/c12-7-8-13-9-11(10-13)5-3-1-2-4-6-11/h1-10,12H2. The molecule has 0 unspecified atom stereocenters. The van der Waals surface area contributed by atoms with E-state index in [-0.39, 0.29) is 0 Å². The van der Waals surface area contributed by atoms with Crippen LogP contribution in [-0.4, -0.2) is 31.1 Å². The van der Waals surface area contributed by atoms with Crippen LogP contribution in [0.3, 0.4) is 0 Å². The van der Waals surface area contributed by atoms with Crippen LogP contribution in [0.1, 0.15) is 38.5 Å². The lowest BCUT2D eigenvalue weighted by Gasteiger charge is -2.50. The normalized spacial score (nSPS) is 28.4. The van der Waals surface area contributed by atoms with Crippen LogP contribution >= 0.6 is 0 Å². The van der Waals surface area contributed by atoms with Crippen molar-refractivity contribution in [3.63, 3.8) is 0 Å². The molecule has 1 heterocycles. The molecule has 1 aliphatic heterocycles. The zero-order valence-electron chi connectivity index (χ0n) is 8.60. The Morgan fingerprint density at radius 3 is 2.15 bits per heavy atom. The highest BCUT2D eigenvalue weighted by Crippen LogP contribution is 2.42. The Hall–Kier alpha value is -0.0800. The van der Waals surface area contributed by atoms with Gasteiger partial charge < -0.3 is 10.6 Å². The van der Waals surface area contributed by atoms with Gasteiger partial charge in [-0.25, -0.2) is 0 Å². The molecule has 0 bridgehead atoms. The first-order valence-electron chi connectivity index (χ1n) is 5.77. The number of nitrogens with two attached hydrogens (primary N) is 1. The van der Waals surface area contributed by atoms with Crippen LogP contribution in [0.5, 0.6) is 0 Å². The highest BCUT2D eigenvalue weighted by molar-refractivity contribution is 4.95. The lowest BCUT2D eigenvalue weighted by atomic mass is 9.73. The molecule has 0 aromatic rings. The zero-order valence-corrected chi connectivity index (χ0v) is 8.60. The van der Waals surface area contributed by atoms with Gasteiger partial charge in [0.25, 0.3) is 0 Å². The van der Waals surface area contributed by atoms with E-state index >= 15 is 0 Å². The fraction of sp³-hybridized carbons (Fsp3) is 1.00.